The molecule has 10 heteroatoms. The van der Waals surface area contributed by atoms with Gasteiger partial charge in [0, 0.05) is 22.7 Å². The molecule has 0 fully saturated rings. The van der Waals surface area contributed by atoms with Crippen molar-refractivity contribution in [3.63, 3.8) is 0 Å². The van der Waals surface area contributed by atoms with Crippen molar-refractivity contribution in [1.82, 2.24) is 10.1 Å². The summed E-state index contributed by atoms with van der Waals surface area (Å²) in [6, 6.07) is 14.8. The normalized spacial score (nSPS) is 11.3. The minimum Gasteiger partial charge on any atom is -0.439 e. The summed E-state index contributed by atoms with van der Waals surface area (Å²) >= 11 is 5.80. The third-order valence-electron chi connectivity index (χ3n) is 4.49. The van der Waals surface area contributed by atoms with Crippen LogP contribution >= 0.6 is 11.6 Å². The fourth-order valence-electron chi connectivity index (χ4n) is 2.85. The maximum Gasteiger partial charge on any atom is 0.416 e. The van der Waals surface area contributed by atoms with E-state index in [1.807, 2.05) is 31.2 Å². The van der Waals surface area contributed by atoms with Crippen molar-refractivity contribution >= 4 is 23.2 Å². The number of aryl methyl sites for hydroxylation is 1. The van der Waals surface area contributed by atoms with Crippen molar-refractivity contribution in [2.75, 3.05) is 5.32 Å². The molecule has 2 aromatic heterocycles. The Bertz CT molecular complexity index is 1290. The van der Waals surface area contributed by atoms with Gasteiger partial charge in [-0.3, -0.25) is 4.79 Å². The first-order chi connectivity index (χ1) is 15.7. The summed E-state index contributed by atoms with van der Waals surface area (Å²) in [6.45, 7) is 1.96. The smallest absolute Gasteiger partial charge is 0.416 e. The molecule has 2 aromatic carbocycles. The average molecular weight is 474 g/mol. The number of carbonyl (C=O) groups is 1. The summed E-state index contributed by atoms with van der Waals surface area (Å²) in [5.74, 6) is 0.105. The minimum absolute atomic E-state index is 0.0353. The number of rotatable bonds is 5. The SMILES string of the molecule is Cc1ccc(Oc2ccc(NC(=O)c3cc(-c4cc(Cl)cc(C(F)(F)F)c4)no3)cn2)cc1. The summed E-state index contributed by atoms with van der Waals surface area (Å²) in [4.78, 5) is 16.6. The van der Waals surface area contributed by atoms with Gasteiger partial charge in [0.2, 0.25) is 11.6 Å². The maximum absolute atomic E-state index is 13.0. The van der Waals surface area contributed by atoms with Crippen LogP contribution in [0.3, 0.4) is 0 Å². The van der Waals surface area contributed by atoms with Crippen LogP contribution in [0.25, 0.3) is 11.3 Å². The number of alkyl halides is 3. The Morgan fingerprint density at radius 1 is 1.06 bits per heavy atom. The maximum atomic E-state index is 13.0. The van der Waals surface area contributed by atoms with Crippen LogP contribution in [-0.2, 0) is 6.18 Å². The van der Waals surface area contributed by atoms with Crippen LogP contribution in [0.5, 0.6) is 11.6 Å². The monoisotopic (exact) mass is 473 g/mol. The third-order valence-corrected chi connectivity index (χ3v) is 4.71. The van der Waals surface area contributed by atoms with E-state index >= 15 is 0 Å². The first-order valence-corrected chi connectivity index (χ1v) is 9.92. The number of carbonyl (C=O) groups excluding carboxylic acids is 1. The Kier molecular flexibility index (Phi) is 6.06. The fraction of sp³-hybridized carbons (Fsp3) is 0.0870. The van der Waals surface area contributed by atoms with Gasteiger partial charge in [-0.25, -0.2) is 4.98 Å². The minimum atomic E-state index is -4.58. The highest BCUT2D eigenvalue weighted by Crippen LogP contribution is 2.34. The van der Waals surface area contributed by atoms with Crippen LogP contribution in [0.4, 0.5) is 18.9 Å². The van der Waals surface area contributed by atoms with Gasteiger partial charge in [0.05, 0.1) is 17.4 Å². The van der Waals surface area contributed by atoms with Crippen molar-refractivity contribution in [2.45, 2.75) is 13.1 Å². The molecule has 4 aromatic rings. The summed E-state index contributed by atoms with van der Waals surface area (Å²) in [5.41, 5.74) is 0.624. The molecule has 0 aliphatic carbocycles. The van der Waals surface area contributed by atoms with Crippen LogP contribution in [0.2, 0.25) is 5.02 Å². The molecule has 168 valence electrons. The summed E-state index contributed by atoms with van der Waals surface area (Å²) in [5, 5.41) is 6.14. The van der Waals surface area contributed by atoms with Crippen LogP contribution in [-0.4, -0.2) is 16.0 Å². The number of halogens is 4. The number of nitrogens with zero attached hydrogens (tertiary/aromatic N) is 2. The largest absolute Gasteiger partial charge is 0.439 e. The Balaban J connectivity index is 1.45. The standard InChI is InChI=1S/C23H15ClF3N3O3/c1-13-2-5-18(6-3-13)32-21-7-4-17(12-28-21)29-22(31)20-11-19(30-33-20)14-8-15(23(25,26)27)10-16(24)9-14/h2-12H,1H3,(H,29,31). The molecule has 0 spiro atoms. The van der Waals surface area contributed by atoms with Gasteiger partial charge in [-0.2, -0.15) is 13.2 Å². The van der Waals surface area contributed by atoms with E-state index in [0.717, 1.165) is 17.7 Å². The molecule has 1 N–H and O–H groups in total. The molecule has 4 rings (SSSR count). The number of benzene rings is 2. The predicted octanol–water partition coefficient (Wildman–Crippen LogP) is 6.76. The molecule has 0 aliphatic rings. The zero-order chi connectivity index (χ0) is 23.6. The average Bonchev–Trinajstić information content (AvgIpc) is 3.26. The van der Waals surface area contributed by atoms with Crippen molar-refractivity contribution in [1.29, 1.82) is 0 Å². The van der Waals surface area contributed by atoms with E-state index in [4.69, 9.17) is 20.9 Å². The molecule has 0 saturated carbocycles. The molecule has 0 atom stereocenters. The molecule has 0 radical (unpaired) electrons. The number of ether oxygens (including phenoxy) is 1. The predicted molar refractivity (Wildman–Crippen MR) is 115 cm³/mol. The number of anilines is 1. The molecular weight excluding hydrogens is 459 g/mol. The van der Waals surface area contributed by atoms with Gasteiger partial charge < -0.3 is 14.6 Å². The lowest BCUT2D eigenvalue weighted by Crippen LogP contribution is -2.11. The first-order valence-electron chi connectivity index (χ1n) is 9.54. The molecule has 6 nitrogen and oxygen atoms in total. The quantitative estimate of drug-likeness (QED) is 0.346. The summed E-state index contributed by atoms with van der Waals surface area (Å²) in [7, 11) is 0. The third kappa shape index (κ3) is 5.50. The number of nitrogens with one attached hydrogen (secondary N) is 1. The highest BCUT2D eigenvalue weighted by atomic mass is 35.5. The molecule has 33 heavy (non-hydrogen) atoms. The Labute approximate surface area is 191 Å². The molecular formula is C23H15ClF3N3O3. The zero-order valence-corrected chi connectivity index (χ0v) is 17.7. The van der Waals surface area contributed by atoms with Crippen molar-refractivity contribution in [2.24, 2.45) is 0 Å². The second kappa shape index (κ2) is 8.95. The fourth-order valence-corrected chi connectivity index (χ4v) is 3.09. The van der Waals surface area contributed by atoms with Gasteiger partial charge in [0.25, 0.3) is 5.91 Å². The first kappa shape index (κ1) is 22.3. The molecule has 2 heterocycles. The lowest BCUT2D eigenvalue weighted by molar-refractivity contribution is -0.137. The van der Waals surface area contributed by atoms with Gasteiger partial charge in [0.15, 0.2) is 0 Å². The van der Waals surface area contributed by atoms with E-state index in [0.29, 0.717) is 17.3 Å². The summed E-state index contributed by atoms with van der Waals surface area (Å²) in [6.07, 6.45) is -3.18. The van der Waals surface area contributed by atoms with Gasteiger partial charge in [-0.1, -0.05) is 34.5 Å². The van der Waals surface area contributed by atoms with Crippen LogP contribution < -0.4 is 10.1 Å². The van der Waals surface area contributed by atoms with Gasteiger partial charge in [-0.05, 0) is 43.3 Å². The van der Waals surface area contributed by atoms with Crippen molar-refractivity contribution in [3.05, 3.63) is 88.8 Å². The highest BCUT2D eigenvalue weighted by Gasteiger charge is 2.31. The van der Waals surface area contributed by atoms with Crippen LogP contribution in [0.1, 0.15) is 21.7 Å². The van der Waals surface area contributed by atoms with Crippen molar-refractivity contribution < 1.29 is 27.2 Å². The lowest BCUT2D eigenvalue weighted by Gasteiger charge is -2.08. The van der Waals surface area contributed by atoms with E-state index in [2.05, 4.69) is 15.5 Å². The number of pyridine rings is 1. The Morgan fingerprint density at radius 2 is 1.82 bits per heavy atom. The number of amides is 1. The summed E-state index contributed by atoms with van der Waals surface area (Å²) < 4.78 is 49.7. The Hall–Kier alpha value is -3.85. The molecule has 0 unspecified atom stereocenters. The second-order valence-electron chi connectivity index (χ2n) is 7.06. The molecule has 1 amide bonds. The van der Waals surface area contributed by atoms with Gasteiger partial charge in [-0.15, -0.1) is 0 Å². The van der Waals surface area contributed by atoms with Gasteiger partial charge in [0.1, 0.15) is 11.4 Å². The molecule has 0 aliphatic heterocycles. The molecule has 0 bridgehead atoms. The van der Waals surface area contributed by atoms with Crippen LogP contribution in [0, 0.1) is 6.92 Å². The number of aromatic nitrogens is 2. The van der Waals surface area contributed by atoms with E-state index in [1.165, 1.54) is 18.3 Å². The number of hydrogen-bond donors (Lipinski definition) is 1. The zero-order valence-electron chi connectivity index (χ0n) is 17.0. The van der Waals surface area contributed by atoms with E-state index in [9.17, 15) is 18.0 Å². The topological polar surface area (TPSA) is 77.2 Å². The van der Waals surface area contributed by atoms with E-state index in [1.54, 1.807) is 12.1 Å². The van der Waals surface area contributed by atoms with E-state index in [-0.39, 0.29) is 22.0 Å². The molecule has 0 saturated heterocycles. The highest BCUT2D eigenvalue weighted by molar-refractivity contribution is 6.31. The van der Waals surface area contributed by atoms with E-state index < -0.39 is 17.6 Å². The van der Waals surface area contributed by atoms with Crippen molar-refractivity contribution in [3.8, 4) is 22.9 Å². The lowest BCUT2D eigenvalue weighted by atomic mass is 10.1. The van der Waals surface area contributed by atoms with Gasteiger partial charge >= 0.3 is 6.18 Å². The number of hydrogen-bond acceptors (Lipinski definition) is 5. The Morgan fingerprint density at radius 3 is 2.48 bits per heavy atom. The van der Waals surface area contributed by atoms with Crippen LogP contribution in [0.15, 0.2) is 71.4 Å². The second-order valence-corrected chi connectivity index (χ2v) is 7.49.